The second kappa shape index (κ2) is 8.65. The lowest BCUT2D eigenvalue weighted by Crippen LogP contribution is -2.63. The van der Waals surface area contributed by atoms with E-state index >= 15 is 0 Å². The molecule has 8 heteroatoms. The molecule has 3 aliphatic rings. The predicted octanol–water partition coefficient (Wildman–Crippen LogP) is 2.36. The molecule has 8 nitrogen and oxygen atoms in total. The standard InChI is InChI=1S/C24H32N6O2/c1-15(2)21-23(31)27-20-14-30(24(32)16-7-3-4-8-16)12-11-29(20)13-19-25-18-10-6-5-9-17(18)22(26-19)28-21/h5-6,9-10,15-16,20-21H,3-4,7-8,11-14H2,1-2H3,(H,27,31)(H,25,26,28). The van der Waals surface area contributed by atoms with Crippen molar-refractivity contribution in [3.63, 3.8) is 0 Å². The van der Waals surface area contributed by atoms with Gasteiger partial charge in [0.05, 0.1) is 18.6 Å². The van der Waals surface area contributed by atoms with Crippen LogP contribution in [-0.4, -0.2) is 63.4 Å². The average molecular weight is 437 g/mol. The van der Waals surface area contributed by atoms with Crippen LogP contribution in [-0.2, 0) is 16.1 Å². The van der Waals surface area contributed by atoms with Gasteiger partial charge in [0.2, 0.25) is 11.8 Å². The molecule has 1 saturated carbocycles. The Labute approximate surface area is 188 Å². The number of hydrogen-bond acceptors (Lipinski definition) is 6. The number of nitrogens with zero attached hydrogens (tertiary/aromatic N) is 4. The van der Waals surface area contributed by atoms with Gasteiger partial charge in [-0.1, -0.05) is 38.8 Å². The van der Waals surface area contributed by atoms with Gasteiger partial charge in [-0.25, -0.2) is 9.97 Å². The van der Waals surface area contributed by atoms with E-state index in [4.69, 9.17) is 9.97 Å². The number of carbonyl (C=O) groups is 2. The van der Waals surface area contributed by atoms with Crippen LogP contribution in [0.2, 0.25) is 0 Å². The Morgan fingerprint density at radius 1 is 1.09 bits per heavy atom. The minimum absolute atomic E-state index is 0.0590. The zero-order valence-electron chi connectivity index (χ0n) is 18.9. The highest BCUT2D eigenvalue weighted by atomic mass is 16.2. The van der Waals surface area contributed by atoms with Gasteiger partial charge in [-0.05, 0) is 30.9 Å². The van der Waals surface area contributed by atoms with Crippen LogP contribution in [0.15, 0.2) is 24.3 Å². The van der Waals surface area contributed by atoms with Crippen molar-refractivity contribution < 1.29 is 9.59 Å². The van der Waals surface area contributed by atoms with Crippen molar-refractivity contribution in [1.82, 2.24) is 25.1 Å². The summed E-state index contributed by atoms with van der Waals surface area (Å²) in [5, 5.41) is 7.54. The Bertz CT molecular complexity index is 1020. The molecule has 5 rings (SSSR count). The smallest absolute Gasteiger partial charge is 0.244 e. The van der Waals surface area contributed by atoms with Gasteiger partial charge in [-0.2, -0.15) is 0 Å². The second-order valence-corrected chi connectivity index (χ2v) is 9.63. The Morgan fingerprint density at radius 3 is 2.66 bits per heavy atom. The van der Waals surface area contributed by atoms with E-state index in [1.54, 1.807) is 0 Å². The molecule has 2 bridgehead atoms. The molecular formula is C24H32N6O2. The van der Waals surface area contributed by atoms with Crippen molar-refractivity contribution in [2.45, 2.75) is 58.3 Å². The fraction of sp³-hybridized carbons (Fsp3) is 0.583. The molecule has 2 aliphatic heterocycles. The molecule has 2 amide bonds. The molecule has 170 valence electrons. The Balaban J connectivity index is 1.47. The highest BCUT2D eigenvalue weighted by Gasteiger charge is 2.36. The van der Waals surface area contributed by atoms with Gasteiger partial charge in [0.1, 0.15) is 23.8 Å². The third-order valence-corrected chi connectivity index (χ3v) is 7.05. The fourth-order valence-electron chi connectivity index (χ4n) is 5.20. The maximum absolute atomic E-state index is 13.3. The second-order valence-electron chi connectivity index (χ2n) is 9.63. The first-order valence-electron chi connectivity index (χ1n) is 11.8. The zero-order valence-corrected chi connectivity index (χ0v) is 18.9. The number of benzene rings is 1. The van der Waals surface area contributed by atoms with Gasteiger partial charge in [0.25, 0.3) is 0 Å². The summed E-state index contributed by atoms with van der Waals surface area (Å²) in [5.41, 5.74) is 0.870. The van der Waals surface area contributed by atoms with Crippen molar-refractivity contribution >= 4 is 28.5 Å². The molecule has 2 fully saturated rings. The maximum Gasteiger partial charge on any atom is 0.244 e. The third kappa shape index (κ3) is 4.03. The summed E-state index contributed by atoms with van der Waals surface area (Å²) in [6.45, 7) is 6.46. The topological polar surface area (TPSA) is 90.5 Å². The van der Waals surface area contributed by atoms with Crippen LogP contribution in [0.4, 0.5) is 5.82 Å². The molecule has 1 aliphatic carbocycles. The van der Waals surface area contributed by atoms with Crippen LogP contribution in [0.5, 0.6) is 0 Å². The average Bonchev–Trinajstić information content (AvgIpc) is 3.32. The van der Waals surface area contributed by atoms with E-state index in [0.29, 0.717) is 32.0 Å². The summed E-state index contributed by atoms with van der Waals surface area (Å²) in [4.78, 5) is 40.2. The lowest BCUT2D eigenvalue weighted by atomic mass is 10.0. The highest BCUT2D eigenvalue weighted by Crippen LogP contribution is 2.28. The molecule has 2 N–H and O–H groups in total. The summed E-state index contributed by atoms with van der Waals surface area (Å²) in [7, 11) is 0. The van der Waals surface area contributed by atoms with Crippen molar-refractivity contribution in [3.8, 4) is 0 Å². The lowest BCUT2D eigenvalue weighted by Gasteiger charge is -2.43. The van der Waals surface area contributed by atoms with Crippen LogP contribution in [0, 0.1) is 11.8 Å². The summed E-state index contributed by atoms with van der Waals surface area (Å²) in [6.07, 6.45) is 4.01. The number of rotatable bonds is 2. The SMILES string of the molecule is CC(C)C1Nc2nc(nc3ccccc23)CN2CCN(C(=O)C3CCCC3)CC2NC1=O. The first kappa shape index (κ1) is 21.1. The third-order valence-electron chi connectivity index (χ3n) is 7.05. The number of aromatic nitrogens is 2. The van der Waals surface area contributed by atoms with Gasteiger partial charge in [-0.15, -0.1) is 0 Å². The molecular weight excluding hydrogens is 404 g/mol. The van der Waals surface area contributed by atoms with Crippen LogP contribution in [0.25, 0.3) is 10.9 Å². The van der Waals surface area contributed by atoms with Crippen molar-refractivity contribution in [1.29, 1.82) is 0 Å². The van der Waals surface area contributed by atoms with Crippen molar-refractivity contribution in [2.24, 2.45) is 11.8 Å². The van der Waals surface area contributed by atoms with E-state index in [1.807, 2.05) is 43.0 Å². The van der Waals surface area contributed by atoms with E-state index < -0.39 is 6.04 Å². The number of nitrogens with one attached hydrogen (secondary N) is 2. The largest absolute Gasteiger partial charge is 0.358 e. The van der Waals surface area contributed by atoms with Crippen LogP contribution in [0.3, 0.4) is 0 Å². The minimum atomic E-state index is -0.429. The first-order chi connectivity index (χ1) is 15.5. The molecule has 2 unspecified atom stereocenters. The number of para-hydroxylation sites is 1. The van der Waals surface area contributed by atoms with E-state index in [9.17, 15) is 9.59 Å². The summed E-state index contributed by atoms with van der Waals surface area (Å²) < 4.78 is 0. The number of fused-ring (bicyclic) bond motifs is 5. The lowest BCUT2D eigenvalue weighted by molar-refractivity contribution is -0.140. The van der Waals surface area contributed by atoms with Gasteiger partial charge < -0.3 is 15.5 Å². The monoisotopic (exact) mass is 436 g/mol. The van der Waals surface area contributed by atoms with Crippen LogP contribution >= 0.6 is 0 Å². The number of hydrogen-bond donors (Lipinski definition) is 2. The van der Waals surface area contributed by atoms with Gasteiger partial charge in [0, 0.05) is 24.4 Å². The predicted molar refractivity (Wildman–Crippen MR) is 123 cm³/mol. The normalized spacial score (nSPS) is 24.8. The summed E-state index contributed by atoms with van der Waals surface area (Å²) >= 11 is 0. The molecule has 1 saturated heterocycles. The number of piperazine rings is 1. The van der Waals surface area contributed by atoms with E-state index in [-0.39, 0.29) is 29.8 Å². The summed E-state index contributed by atoms with van der Waals surface area (Å²) in [6, 6.07) is 7.47. The molecule has 0 spiro atoms. The fourth-order valence-corrected chi connectivity index (χ4v) is 5.20. The molecule has 0 radical (unpaired) electrons. The van der Waals surface area contributed by atoms with E-state index in [0.717, 1.165) is 42.4 Å². The Morgan fingerprint density at radius 2 is 1.88 bits per heavy atom. The van der Waals surface area contributed by atoms with Gasteiger partial charge in [-0.3, -0.25) is 14.5 Å². The Kier molecular flexibility index (Phi) is 5.71. The summed E-state index contributed by atoms with van der Waals surface area (Å²) in [5.74, 6) is 1.83. The Hall–Kier alpha value is -2.74. The zero-order chi connectivity index (χ0) is 22.2. The molecule has 3 heterocycles. The van der Waals surface area contributed by atoms with Crippen molar-refractivity contribution in [3.05, 3.63) is 30.1 Å². The highest BCUT2D eigenvalue weighted by molar-refractivity contribution is 5.92. The van der Waals surface area contributed by atoms with E-state index in [1.165, 1.54) is 0 Å². The number of anilines is 1. The molecule has 2 aromatic rings. The minimum Gasteiger partial charge on any atom is -0.358 e. The molecule has 1 aromatic carbocycles. The molecule has 2 atom stereocenters. The van der Waals surface area contributed by atoms with E-state index in [2.05, 4.69) is 15.5 Å². The maximum atomic E-state index is 13.3. The quantitative estimate of drug-likeness (QED) is 0.751. The number of amides is 2. The molecule has 1 aromatic heterocycles. The van der Waals surface area contributed by atoms with Gasteiger partial charge in [0.15, 0.2) is 0 Å². The molecule has 32 heavy (non-hydrogen) atoms. The number of carbonyl (C=O) groups excluding carboxylic acids is 2. The first-order valence-corrected chi connectivity index (χ1v) is 11.8. The van der Waals surface area contributed by atoms with Gasteiger partial charge >= 0.3 is 0 Å². The van der Waals surface area contributed by atoms with Crippen LogP contribution in [0.1, 0.15) is 45.4 Å². The van der Waals surface area contributed by atoms with Crippen molar-refractivity contribution in [2.75, 3.05) is 25.0 Å². The van der Waals surface area contributed by atoms with Crippen LogP contribution < -0.4 is 10.6 Å².